The topological polar surface area (TPSA) is 191 Å². The number of rotatable bonds is 14. The maximum atomic E-state index is 14.9. The van der Waals surface area contributed by atoms with Gasteiger partial charge in [0.25, 0.3) is 0 Å². The molecule has 0 saturated carbocycles. The molecule has 3 fully saturated rings. The van der Waals surface area contributed by atoms with Crippen LogP contribution < -0.4 is 0 Å². The molecule has 0 radical (unpaired) electrons. The van der Waals surface area contributed by atoms with Crippen LogP contribution in [0.15, 0.2) is 36.5 Å². The monoisotopic (exact) mass is 959 g/mol. The van der Waals surface area contributed by atoms with E-state index in [9.17, 15) is 24.6 Å². The van der Waals surface area contributed by atoms with E-state index in [4.69, 9.17) is 42.6 Å². The van der Waals surface area contributed by atoms with Crippen molar-refractivity contribution in [3.63, 3.8) is 0 Å². The van der Waals surface area contributed by atoms with Crippen molar-refractivity contribution >= 4 is 28.6 Å². The number of pyridine rings is 1. The summed E-state index contributed by atoms with van der Waals surface area (Å²) in [6.07, 6.45) is -5.06. The van der Waals surface area contributed by atoms with Crippen molar-refractivity contribution in [3.05, 3.63) is 42.1 Å². The number of nitrogens with zero attached hydrogens (tertiary/aromatic N) is 2. The van der Waals surface area contributed by atoms with E-state index in [-0.39, 0.29) is 43.8 Å². The van der Waals surface area contributed by atoms with Gasteiger partial charge in [-0.3, -0.25) is 19.4 Å². The van der Waals surface area contributed by atoms with Crippen molar-refractivity contribution in [2.75, 3.05) is 34.9 Å². The second-order valence-electron chi connectivity index (χ2n) is 20.7. The summed E-state index contributed by atoms with van der Waals surface area (Å²) in [5.74, 6) is -4.66. The molecular formula is C52H82N2O14. The molecule has 0 spiro atoms. The molecule has 4 heterocycles. The average Bonchev–Trinajstić information content (AvgIpc) is 3.29. The van der Waals surface area contributed by atoms with Crippen LogP contribution in [0.25, 0.3) is 10.9 Å². The minimum atomic E-state index is -1.83. The summed E-state index contributed by atoms with van der Waals surface area (Å²) in [6, 6.07) is 9.71. The molecule has 0 bridgehead atoms. The van der Waals surface area contributed by atoms with Crippen molar-refractivity contribution in [2.45, 2.75) is 199 Å². The molecule has 68 heavy (non-hydrogen) atoms. The van der Waals surface area contributed by atoms with E-state index >= 15 is 0 Å². The third-order valence-electron chi connectivity index (χ3n) is 15.0. The van der Waals surface area contributed by atoms with Crippen molar-refractivity contribution in [1.29, 1.82) is 0 Å². The molecule has 2 aromatic rings. The second-order valence-corrected chi connectivity index (χ2v) is 20.7. The van der Waals surface area contributed by atoms with Crippen molar-refractivity contribution in [3.8, 4) is 0 Å². The van der Waals surface area contributed by atoms with Gasteiger partial charge >= 0.3 is 11.9 Å². The Bertz CT molecular complexity index is 1980. The number of likely N-dealkylation sites (N-methyl/N-ethyl adjacent to an activating group) is 1. The van der Waals surface area contributed by atoms with E-state index in [1.165, 1.54) is 14.0 Å². The SMILES string of the molecule is CC[C@@H]1OC(=O)[C@H](C)[C@@H](O[C@H]2C[C@@](C)(OC)[C@@H](OC(C)=O)[C@H](C)O2)[C@H](C)[C@@H](OC2O[C@H](C)C[C@H](N(C)C)[C@H]2O)[C@@](C)(OC)C[C@@H](C)C(=O)[C@@H](C)[C@@H](OCCCc2cnc3ccccc3c2)[C@]1(C)O. The number of aromatic nitrogens is 1. The average molecular weight is 959 g/mol. The first-order chi connectivity index (χ1) is 31.9. The first-order valence-electron chi connectivity index (χ1n) is 24.6. The molecule has 16 nitrogen and oxygen atoms in total. The Morgan fingerprint density at radius 1 is 0.912 bits per heavy atom. The Morgan fingerprint density at radius 3 is 2.21 bits per heavy atom. The summed E-state index contributed by atoms with van der Waals surface area (Å²) < 4.78 is 57.8. The largest absolute Gasteiger partial charge is 0.459 e. The van der Waals surface area contributed by atoms with Crippen molar-refractivity contribution in [2.24, 2.45) is 23.7 Å². The van der Waals surface area contributed by atoms with E-state index in [0.717, 1.165) is 16.5 Å². The Balaban J connectivity index is 1.56. The van der Waals surface area contributed by atoms with E-state index < -0.39 is 108 Å². The molecule has 1 unspecified atom stereocenters. The second kappa shape index (κ2) is 23.4. The van der Waals surface area contributed by atoms with Gasteiger partial charge in [0.2, 0.25) is 0 Å². The number of esters is 2. The quantitative estimate of drug-likeness (QED) is 0.160. The van der Waals surface area contributed by atoms with Crippen LogP contribution in [-0.2, 0) is 63.4 Å². The number of cyclic esters (lactones) is 1. The molecule has 0 aliphatic carbocycles. The Kier molecular flexibility index (Phi) is 19.2. The lowest BCUT2D eigenvalue weighted by Gasteiger charge is -2.50. The highest BCUT2D eigenvalue weighted by Gasteiger charge is 2.55. The fourth-order valence-electron chi connectivity index (χ4n) is 11.0. The van der Waals surface area contributed by atoms with Gasteiger partial charge in [0.1, 0.15) is 29.2 Å². The minimum absolute atomic E-state index is 0.114. The lowest BCUT2D eigenvalue weighted by molar-refractivity contribution is -0.320. The zero-order valence-corrected chi connectivity index (χ0v) is 43.3. The number of aliphatic hydroxyl groups is 2. The van der Waals surface area contributed by atoms with Gasteiger partial charge in [0.15, 0.2) is 18.7 Å². The maximum absolute atomic E-state index is 14.9. The van der Waals surface area contributed by atoms with Gasteiger partial charge in [0.05, 0.1) is 47.6 Å². The number of hydrogen-bond donors (Lipinski definition) is 2. The number of para-hydroxylation sites is 1. The molecule has 1 aromatic carbocycles. The number of fused-ring (bicyclic) bond motifs is 1. The molecule has 384 valence electrons. The fraction of sp³-hybridized carbons (Fsp3) is 0.769. The zero-order valence-electron chi connectivity index (χ0n) is 43.3. The maximum Gasteiger partial charge on any atom is 0.311 e. The van der Waals surface area contributed by atoms with Crippen LogP contribution >= 0.6 is 0 Å². The summed E-state index contributed by atoms with van der Waals surface area (Å²) >= 11 is 0. The molecule has 0 amide bonds. The number of hydrogen-bond acceptors (Lipinski definition) is 16. The summed E-state index contributed by atoms with van der Waals surface area (Å²) in [7, 11) is 6.86. The minimum Gasteiger partial charge on any atom is -0.459 e. The molecule has 5 rings (SSSR count). The standard InChI is InChI=1S/C52H82N2O14/c1-16-40-52(11,59)46(62-23-19-20-36-25-37-21-17-18-22-38(37)53-28-36)31(4)42(56)29(2)26-50(9,60-14)45(68-49-43(57)39(54(12)13)24-30(3)63-49)32(5)44(33(6)48(58)66-40)67-41-27-51(10,61-15)47(34(7)64-41)65-35(8)55/h17-18,21-22,25,28-34,39-41,43-47,49,57,59H,16,19-20,23-24,26-27H2,1-15H3/t29-,30-,31-,32+,33-,34+,39+,40+,41+,43-,44+,45-,46-,47+,49?,50+,51-,52-/m1/s1. The molecule has 16 heteroatoms. The van der Waals surface area contributed by atoms with E-state index in [2.05, 4.69) is 11.1 Å². The van der Waals surface area contributed by atoms with Crippen molar-refractivity contribution < 1.29 is 67.2 Å². The molecular weight excluding hydrogens is 877 g/mol. The van der Waals surface area contributed by atoms with Crippen molar-refractivity contribution in [1.82, 2.24) is 9.88 Å². The molecule has 2 N–H and O–H groups in total. The Morgan fingerprint density at radius 2 is 1.57 bits per heavy atom. The number of carbonyl (C=O) groups is 3. The predicted octanol–water partition coefficient (Wildman–Crippen LogP) is 6.22. The zero-order chi connectivity index (χ0) is 50.5. The number of carbonyl (C=O) groups excluding carboxylic acids is 3. The van der Waals surface area contributed by atoms with E-state index in [1.807, 2.05) is 91.0 Å². The number of aliphatic hydroxyl groups excluding tert-OH is 1. The normalized spacial score (nSPS) is 40.2. The summed E-state index contributed by atoms with van der Waals surface area (Å²) in [6.45, 7) is 19.4. The summed E-state index contributed by atoms with van der Waals surface area (Å²) in [4.78, 5) is 48.5. The van der Waals surface area contributed by atoms with Gasteiger partial charge in [-0.1, -0.05) is 45.9 Å². The van der Waals surface area contributed by atoms with Gasteiger partial charge in [-0.15, -0.1) is 0 Å². The van der Waals surface area contributed by atoms with E-state index in [0.29, 0.717) is 19.3 Å². The number of Topliss-reactive ketones (excluding diaryl/α,β-unsaturated/α-hetero) is 1. The first kappa shape index (κ1) is 55.8. The van der Waals surface area contributed by atoms with Gasteiger partial charge in [0, 0.05) is 69.5 Å². The van der Waals surface area contributed by atoms with Gasteiger partial charge in [-0.2, -0.15) is 0 Å². The van der Waals surface area contributed by atoms with Gasteiger partial charge in [-0.05, 0) is 105 Å². The van der Waals surface area contributed by atoms with Crippen LogP contribution in [0, 0.1) is 23.7 Å². The van der Waals surface area contributed by atoms with Crippen LogP contribution in [0.4, 0.5) is 0 Å². The molecule has 3 saturated heterocycles. The highest BCUT2D eigenvalue weighted by molar-refractivity contribution is 5.83. The first-order valence-corrected chi connectivity index (χ1v) is 24.6. The highest BCUT2D eigenvalue weighted by atomic mass is 16.7. The lowest BCUT2D eigenvalue weighted by Crippen LogP contribution is -2.62. The number of ether oxygens (including phenoxy) is 9. The predicted molar refractivity (Wildman–Crippen MR) is 254 cm³/mol. The summed E-state index contributed by atoms with van der Waals surface area (Å²) in [5.41, 5.74) is -2.21. The lowest BCUT2D eigenvalue weighted by atomic mass is 9.73. The van der Waals surface area contributed by atoms with Gasteiger partial charge in [-0.25, -0.2) is 0 Å². The fourth-order valence-corrected chi connectivity index (χ4v) is 11.0. The Hall–Kier alpha value is -3.16. The van der Waals surface area contributed by atoms with Crippen LogP contribution in [0.2, 0.25) is 0 Å². The van der Waals surface area contributed by atoms with Crippen LogP contribution in [0.1, 0.15) is 114 Å². The summed E-state index contributed by atoms with van der Waals surface area (Å²) in [5, 5.41) is 25.5. The van der Waals surface area contributed by atoms with E-state index in [1.54, 1.807) is 34.8 Å². The molecule has 1 aromatic heterocycles. The molecule has 3 aliphatic rings. The molecule has 18 atom stereocenters. The van der Waals surface area contributed by atoms with Gasteiger partial charge < -0.3 is 57.7 Å². The number of ketones is 1. The molecule has 3 aliphatic heterocycles. The smallest absolute Gasteiger partial charge is 0.311 e. The van der Waals surface area contributed by atoms with Crippen LogP contribution in [0.5, 0.6) is 0 Å². The number of benzene rings is 1. The highest BCUT2D eigenvalue weighted by Crippen LogP contribution is 2.42. The number of aryl methyl sites for hydroxylation is 1. The third-order valence-corrected chi connectivity index (χ3v) is 15.0. The van der Waals surface area contributed by atoms with Crippen LogP contribution in [0.3, 0.4) is 0 Å². The number of methoxy groups -OCH3 is 2. The van der Waals surface area contributed by atoms with Crippen LogP contribution in [-0.4, -0.2) is 157 Å². The Labute approximate surface area is 404 Å². The third kappa shape index (κ3) is 12.6.